The van der Waals surface area contributed by atoms with Crippen LogP contribution in [0, 0.1) is 6.92 Å². The summed E-state index contributed by atoms with van der Waals surface area (Å²) in [5, 5.41) is 5.18. The molecule has 0 atom stereocenters. The lowest BCUT2D eigenvalue weighted by Crippen LogP contribution is -2.25. The molecular weight excluding hydrogens is 965 g/mol. The lowest BCUT2D eigenvalue weighted by molar-refractivity contribution is 0.645. The van der Waals surface area contributed by atoms with Crippen molar-refractivity contribution in [2.75, 3.05) is 9.80 Å². The van der Waals surface area contributed by atoms with E-state index in [0.29, 0.717) is 0 Å². The van der Waals surface area contributed by atoms with Crippen LogP contribution in [0.5, 0.6) is 0 Å². The van der Waals surface area contributed by atoms with Crippen LogP contribution >= 0.6 is 0 Å². The Morgan fingerprint density at radius 1 is 0.250 bits per heavy atom. The Kier molecular flexibility index (Phi) is 10.6. The van der Waals surface area contributed by atoms with Crippen LogP contribution in [-0.4, -0.2) is 0 Å². The molecule has 3 aliphatic rings. The minimum Gasteiger partial charge on any atom is -0.310 e. The Labute approximate surface area is 470 Å². The zero-order chi connectivity index (χ0) is 54.2. The van der Waals surface area contributed by atoms with Gasteiger partial charge in [-0.25, -0.2) is 0 Å². The molecule has 0 heterocycles. The van der Waals surface area contributed by atoms with E-state index in [0.717, 1.165) is 34.1 Å². The third-order valence-electron chi connectivity index (χ3n) is 18.6. The normalized spacial score (nSPS) is 14.5. The minimum atomic E-state index is -0.318. The number of rotatable bonds is 8. The van der Waals surface area contributed by atoms with Crippen molar-refractivity contribution in [3.05, 3.63) is 288 Å². The van der Waals surface area contributed by atoms with Crippen molar-refractivity contribution in [3.8, 4) is 55.6 Å². The number of anilines is 6. The Morgan fingerprint density at radius 2 is 0.613 bits per heavy atom. The van der Waals surface area contributed by atoms with E-state index in [1.807, 2.05) is 0 Å². The maximum absolute atomic E-state index is 2.50. The van der Waals surface area contributed by atoms with Gasteiger partial charge < -0.3 is 9.80 Å². The fraction of sp³-hybridized carbons (Fsp3) is 0.128. The van der Waals surface area contributed by atoms with Gasteiger partial charge in [0.05, 0.1) is 0 Å². The first-order valence-electron chi connectivity index (χ1n) is 28.4. The molecule has 80 heavy (non-hydrogen) atoms. The van der Waals surface area contributed by atoms with E-state index < -0.39 is 0 Å². The number of hydrogen-bond donors (Lipinski definition) is 0. The van der Waals surface area contributed by atoms with E-state index >= 15 is 0 Å². The van der Waals surface area contributed by atoms with Gasteiger partial charge in [0, 0.05) is 50.4 Å². The molecule has 0 saturated carbocycles. The lowest BCUT2D eigenvalue weighted by Gasteiger charge is -2.38. The van der Waals surface area contributed by atoms with Crippen molar-refractivity contribution < 1.29 is 0 Å². The topological polar surface area (TPSA) is 6.48 Å². The van der Waals surface area contributed by atoms with Gasteiger partial charge in [-0.1, -0.05) is 217 Å². The Bertz CT molecular complexity index is 4480. The molecule has 384 valence electrons. The molecular formula is C78H62N2. The van der Waals surface area contributed by atoms with Gasteiger partial charge in [0.25, 0.3) is 0 Å². The highest BCUT2D eigenvalue weighted by molar-refractivity contribution is 6.19. The molecule has 2 nitrogen and oxygen atoms in total. The summed E-state index contributed by atoms with van der Waals surface area (Å²) in [6.45, 7) is 16.7. The van der Waals surface area contributed by atoms with E-state index in [9.17, 15) is 0 Å². The van der Waals surface area contributed by atoms with E-state index in [-0.39, 0.29) is 16.2 Å². The first-order chi connectivity index (χ1) is 38.9. The Balaban J connectivity index is 0.883. The van der Waals surface area contributed by atoms with Crippen LogP contribution in [0.25, 0.3) is 77.2 Å². The highest BCUT2D eigenvalue weighted by atomic mass is 15.1. The van der Waals surface area contributed by atoms with Gasteiger partial charge >= 0.3 is 0 Å². The van der Waals surface area contributed by atoms with E-state index in [1.165, 1.54) is 116 Å². The standard InChI is InChI=1S/C78H62N2/c1-49-60-41-37-56(79(54-33-29-52(30-34-54)50-19-10-8-11-20-50)57-38-42-63-61-23-14-16-26-68(61)76(2,3)71(63)46-57)45-67(60)65-25-18-28-70-75(65)74(49)66-44-40-59(48-73(66)78(70,6)7)80(55-35-31-53(32-36-55)51-21-12-9-13-22-51)58-39-43-64-62-24-15-17-27-69(62)77(4,5)72(64)47-58/h8-48H,1-7H3. The van der Waals surface area contributed by atoms with Crippen molar-refractivity contribution in [2.45, 2.75) is 64.7 Å². The predicted molar refractivity (Wildman–Crippen MR) is 339 cm³/mol. The van der Waals surface area contributed by atoms with Crippen LogP contribution < -0.4 is 9.80 Å². The van der Waals surface area contributed by atoms with Crippen LogP contribution in [0.3, 0.4) is 0 Å². The molecule has 2 heteroatoms. The van der Waals surface area contributed by atoms with Crippen LogP contribution in [0.1, 0.15) is 80.5 Å². The van der Waals surface area contributed by atoms with E-state index in [4.69, 9.17) is 0 Å². The number of hydrogen-bond acceptors (Lipinski definition) is 2. The highest BCUT2D eigenvalue weighted by Gasteiger charge is 2.39. The van der Waals surface area contributed by atoms with E-state index in [2.05, 4.69) is 307 Å². The van der Waals surface area contributed by atoms with Crippen molar-refractivity contribution in [1.82, 2.24) is 0 Å². The molecule has 0 bridgehead atoms. The summed E-state index contributed by atoms with van der Waals surface area (Å²) in [7, 11) is 0. The first kappa shape index (κ1) is 47.9. The van der Waals surface area contributed by atoms with Crippen LogP contribution in [0.2, 0.25) is 0 Å². The number of aryl methyl sites for hydroxylation is 1. The van der Waals surface area contributed by atoms with Crippen molar-refractivity contribution in [2.24, 2.45) is 0 Å². The average Bonchev–Trinajstić information content (AvgIpc) is 4.02. The third-order valence-corrected chi connectivity index (χ3v) is 18.6. The van der Waals surface area contributed by atoms with Crippen LogP contribution in [-0.2, 0) is 16.2 Å². The fourth-order valence-electron chi connectivity index (χ4n) is 14.4. The molecule has 0 fully saturated rings. The fourth-order valence-corrected chi connectivity index (χ4v) is 14.4. The van der Waals surface area contributed by atoms with Gasteiger partial charge in [0.2, 0.25) is 0 Å². The molecule has 0 amide bonds. The van der Waals surface area contributed by atoms with Gasteiger partial charge in [-0.05, 0) is 196 Å². The van der Waals surface area contributed by atoms with Gasteiger partial charge in [0.1, 0.15) is 0 Å². The maximum Gasteiger partial charge on any atom is 0.0468 e. The third kappa shape index (κ3) is 7.11. The molecule has 15 rings (SSSR count). The average molecular weight is 1030 g/mol. The molecule has 0 aliphatic heterocycles. The number of fused-ring (bicyclic) bond motifs is 10. The van der Waals surface area contributed by atoms with Crippen molar-refractivity contribution in [1.29, 1.82) is 0 Å². The Hall–Kier alpha value is -9.24. The predicted octanol–water partition coefficient (Wildman–Crippen LogP) is 21.5. The molecule has 0 N–H and O–H groups in total. The summed E-state index contributed by atoms with van der Waals surface area (Å²) >= 11 is 0. The van der Waals surface area contributed by atoms with Gasteiger partial charge in [0.15, 0.2) is 0 Å². The molecule has 0 aromatic heterocycles. The quantitative estimate of drug-likeness (QED) is 0.140. The second kappa shape index (κ2) is 17.6. The zero-order valence-corrected chi connectivity index (χ0v) is 46.6. The highest BCUT2D eigenvalue weighted by Crippen LogP contribution is 2.56. The second-order valence-corrected chi connectivity index (χ2v) is 24.1. The smallest absolute Gasteiger partial charge is 0.0468 e. The summed E-state index contributed by atoms with van der Waals surface area (Å²) in [4.78, 5) is 4.96. The molecule has 3 aliphatic carbocycles. The second-order valence-electron chi connectivity index (χ2n) is 24.1. The summed E-state index contributed by atoms with van der Waals surface area (Å²) < 4.78 is 0. The molecule has 0 radical (unpaired) electrons. The number of benzene rings is 12. The largest absolute Gasteiger partial charge is 0.310 e. The van der Waals surface area contributed by atoms with Gasteiger partial charge in [-0.15, -0.1) is 0 Å². The summed E-state index contributed by atoms with van der Waals surface area (Å²) in [6, 6.07) is 93.4. The maximum atomic E-state index is 2.50. The SMILES string of the molecule is Cc1c2c3c(cccc3c3cc(N(c4ccc(-c5ccccc5)cc4)c4ccc5c(c4)C(C)(C)c4ccccc4-5)ccc13)C(C)(C)c1cc(N(c3ccc(-c4ccccc4)cc3)c3ccc4c(c3)C(C)(C)c3ccccc3-4)ccc1-2. The van der Waals surface area contributed by atoms with Crippen LogP contribution in [0.15, 0.2) is 249 Å². The zero-order valence-electron chi connectivity index (χ0n) is 46.6. The minimum absolute atomic E-state index is 0.134. The number of nitrogens with zero attached hydrogens (tertiary/aromatic N) is 2. The summed E-state index contributed by atoms with van der Waals surface area (Å²) in [5.74, 6) is 0. The summed E-state index contributed by atoms with van der Waals surface area (Å²) in [6.07, 6.45) is 0. The van der Waals surface area contributed by atoms with Crippen molar-refractivity contribution >= 4 is 55.7 Å². The van der Waals surface area contributed by atoms with Gasteiger partial charge in [-0.2, -0.15) is 0 Å². The Morgan fingerprint density at radius 3 is 1.11 bits per heavy atom. The lowest BCUT2D eigenvalue weighted by atomic mass is 9.67. The molecule has 0 saturated heterocycles. The first-order valence-corrected chi connectivity index (χ1v) is 28.4. The summed E-state index contributed by atoms with van der Waals surface area (Å²) in [5.41, 5.74) is 28.5. The van der Waals surface area contributed by atoms with E-state index in [1.54, 1.807) is 0 Å². The van der Waals surface area contributed by atoms with Crippen LogP contribution in [0.4, 0.5) is 34.1 Å². The van der Waals surface area contributed by atoms with Gasteiger partial charge in [-0.3, -0.25) is 0 Å². The molecule has 0 unspecified atom stereocenters. The monoisotopic (exact) mass is 1030 g/mol. The molecule has 12 aromatic carbocycles. The van der Waals surface area contributed by atoms with Crippen molar-refractivity contribution in [3.63, 3.8) is 0 Å². The molecule has 12 aromatic rings. The molecule has 0 spiro atoms.